The van der Waals surface area contributed by atoms with E-state index in [9.17, 15) is 4.79 Å². The van der Waals surface area contributed by atoms with Gasteiger partial charge in [0.05, 0.1) is 19.4 Å². The van der Waals surface area contributed by atoms with Gasteiger partial charge in [-0.3, -0.25) is 9.36 Å². The van der Waals surface area contributed by atoms with Crippen LogP contribution >= 0.6 is 11.8 Å². The van der Waals surface area contributed by atoms with Crippen molar-refractivity contribution in [3.63, 3.8) is 0 Å². The average molecular weight is 413 g/mol. The fourth-order valence-corrected chi connectivity index (χ4v) is 3.41. The standard InChI is InChI=1S/C21H24N4O3S/c1-16-4-8-19(9-5-16)28-13-12-24(2)20(26)14-29-21-23-22-15-25(21)17-6-10-18(27-3)11-7-17/h4-11,15H,12-14H2,1-3H3. The van der Waals surface area contributed by atoms with Crippen molar-refractivity contribution in [3.05, 3.63) is 60.4 Å². The maximum absolute atomic E-state index is 12.4. The zero-order valence-electron chi connectivity index (χ0n) is 16.7. The Labute approximate surface area is 174 Å². The Hall–Kier alpha value is -3.00. The van der Waals surface area contributed by atoms with E-state index in [0.717, 1.165) is 17.2 Å². The smallest absolute Gasteiger partial charge is 0.232 e. The lowest BCUT2D eigenvalue weighted by Gasteiger charge is -2.17. The van der Waals surface area contributed by atoms with Crippen molar-refractivity contribution >= 4 is 17.7 Å². The predicted octanol–water partition coefficient (Wildman–Crippen LogP) is 3.21. The van der Waals surface area contributed by atoms with E-state index in [1.165, 1.54) is 17.3 Å². The van der Waals surface area contributed by atoms with Crippen LogP contribution < -0.4 is 9.47 Å². The summed E-state index contributed by atoms with van der Waals surface area (Å²) < 4.78 is 12.7. The van der Waals surface area contributed by atoms with Gasteiger partial charge in [-0.2, -0.15) is 0 Å². The molecule has 0 radical (unpaired) electrons. The first-order valence-electron chi connectivity index (χ1n) is 9.17. The summed E-state index contributed by atoms with van der Waals surface area (Å²) in [5.74, 6) is 1.86. The van der Waals surface area contributed by atoms with Crippen molar-refractivity contribution in [1.29, 1.82) is 0 Å². The Kier molecular flexibility index (Phi) is 7.13. The first-order chi connectivity index (χ1) is 14.1. The summed E-state index contributed by atoms with van der Waals surface area (Å²) in [5.41, 5.74) is 2.09. The van der Waals surface area contributed by atoms with E-state index in [2.05, 4.69) is 10.2 Å². The zero-order valence-corrected chi connectivity index (χ0v) is 17.6. The number of carbonyl (C=O) groups is 1. The van der Waals surface area contributed by atoms with Gasteiger partial charge >= 0.3 is 0 Å². The maximum Gasteiger partial charge on any atom is 0.232 e. The summed E-state index contributed by atoms with van der Waals surface area (Å²) >= 11 is 1.35. The summed E-state index contributed by atoms with van der Waals surface area (Å²) in [5, 5.41) is 8.75. The third-order valence-electron chi connectivity index (χ3n) is 4.33. The van der Waals surface area contributed by atoms with E-state index < -0.39 is 0 Å². The van der Waals surface area contributed by atoms with Gasteiger partial charge in [0.25, 0.3) is 0 Å². The number of benzene rings is 2. The molecule has 0 saturated heterocycles. The molecular weight excluding hydrogens is 388 g/mol. The van der Waals surface area contributed by atoms with Crippen molar-refractivity contribution in [3.8, 4) is 17.2 Å². The molecule has 0 aliphatic heterocycles. The van der Waals surface area contributed by atoms with Crippen LogP contribution in [0.4, 0.5) is 0 Å². The molecule has 0 aliphatic rings. The fourth-order valence-electron chi connectivity index (χ4n) is 2.54. The van der Waals surface area contributed by atoms with Crippen molar-refractivity contribution in [2.24, 2.45) is 0 Å². The van der Waals surface area contributed by atoms with Gasteiger partial charge in [0.1, 0.15) is 24.4 Å². The topological polar surface area (TPSA) is 69.5 Å². The average Bonchev–Trinajstić information content (AvgIpc) is 3.22. The maximum atomic E-state index is 12.4. The summed E-state index contributed by atoms with van der Waals surface area (Å²) in [6.45, 7) is 2.99. The van der Waals surface area contributed by atoms with Crippen molar-refractivity contribution < 1.29 is 14.3 Å². The van der Waals surface area contributed by atoms with E-state index in [4.69, 9.17) is 9.47 Å². The molecule has 29 heavy (non-hydrogen) atoms. The first kappa shape index (κ1) is 20.7. The molecule has 0 spiro atoms. The van der Waals surface area contributed by atoms with Gasteiger partial charge in [-0.1, -0.05) is 29.5 Å². The van der Waals surface area contributed by atoms with Gasteiger partial charge in [-0.15, -0.1) is 10.2 Å². The van der Waals surface area contributed by atoms with Crippen LogP contribution in [0, 0.1) is 6.92 Å². The Balaban J connectivity index is 1.48. The Morgan fingerprint density at radius 1 is 1.10 bits per heavy atom. The molecule has 0 N–H and O–H groups in total. The molecule has 0 aliphatic carbocycles. The van der Waals surface area contributed by atoms with Gasteiger partial charge in [0.15, 0.2) is 5.16 Å². The van der Waals surface area contributed by atoms with Gasteiger partial charge in [-0.05, 0) is 43.3 Å². The van der Waals surface area contributed by atoms with Crippen LogP contribution in [0.2, 0.25) is 0 Å². The second kappa shape index (κ2) is 9.97. The van der Waals surface area contributed by atoms with E-state index >= 15 is 0 Å². The SMILES string of the molecule is COc1ccc(-n2cnnc2SCC(=O)N(C)CCOc2ccc(C)cc2)cc1. The number of hydrogen-bond acceptors (Lipinski definition) is 6. The van der Waals surface area contributed by atoms with Crippen LogP contribution in [-0.2, 0) is 4.79 Å². The van der Waals surface area contributed by atoms with Crippen LogP contribution in [0.3, 0.4) is 0 Å². The van der Waals surface area contributed by atoms with Crippen LogP contribution in [-0.4, -0.2) is 58.6 Å². The molecule has 1 amide bonds. The number of rotatable bonds is 9. The molecule has 1 heterocycles. The van der Waals surface area contributed by atoms with Gasteiger partial charge in [0.2, 0.25) is 5.91 Å². The lowest BCUT2D eigenvalue weighted by Crippen LogP contribution is -2.32. The minimum Gasteiger partial charge on any atom is -0.497 e. The minimum absolute atomic E-state index is 0.00628. The monoisotopic (exact) mass is 412 g/mol. The third kappa shape index (κ3) is 5.74. The molecule has 3 rings (SSSR count). The summed E-state index contributed by atoms with van der Waals surface area (Å²) in [7, 11) is 3.40. The highest BCUT2D eigenvalue weighted by atomic mass is 32.2. The van der Waals surface area contributed by atoms with Gasteiger partial charge in [-0.25, -0.2) is 0 Å². The molecule has 0 bridgehead atoms. The van der Waals surface area contributed by atoms with Gasteiger partial charge in [0, 0.05) is 12.7 Å². The van der Waals surface area contributed by atoms with E-state index in [1.54, 1.807) is 25.4 Å². The summed E-state index contributed by atoms with van der Waals surface area (Å²) in [6.07, 6.45) is 1.63. The predicted molar refractivity (Wildman–Crippen MR) is 113 cm³/mol. The summed E-state index contributed by atoms with van der Waals surface area (Å²) in [6, 6.07) is 15.4. The van der Waals surface area contributed by atoms with Crippen molar-refractivity contribution in [1.82, 2.24) is 19.7 Å². The Morgan fingerprint density at radius 3 is 2.48 bits per heavy atom. The molecule has 0 fully saturated rings. The number of nitrogens with zero attached hydrogens (tertiary/aromatic N) is 4. The molecule has 152 valence electrons. The Morgan fingerprint density at radius 2 is 1.79 bits per heavy atom. The largest absolute Gasteiger partial charge is 0.497 e. The highest BCUT2D eigenvalue weighted by molar-refractivity contribution is 7.99. The molecule has 0 saturated carbocycles. The highest BCUT2D eigenvalue weighted by Crippen LogP contribution is 2.21. The number of likely N-dealkylation sites (N-methyl/N-ethyl adjacent to an activating group) is 1. The lowest BCUT2D eigenvalue weighted by atomic mass is 10.2. The van der Waals surface area contributed by atoms with Crippen molar-refractivity contribution in [2.45, 2.75) is 12.1 Å². The number of aryl methyl sites for hydroxylation is 1. The third-order valence-corrected chi connectivity index (χ3v) is 5.26. The zero-order chi connectivity index (χ0) is 20.6. The number of hydrogen-bond donors (Lipinski definition) is 0. The molecule has 3 aromatic rings. The quantitative estimate of drug-likeness (QED) is 0.503. The number of carbonyl (C=O) groups excluding carboxylic acids is 1. The molecule has 1 aromatic heterocycles. The van der Waals surface area contributed by atoms with Gasteiger partial charge < -0.3 is 14.4 Å². The highest BCUT2D eigenvalue weighted by Gasteiger charge is 2.13. The molecule has 0 unspecified atom stereocenters. The van der Waals surface area contributed by atoms with E-state index in [0.29, 0.717) is 18.3 Å². The van der Waals surface area contributed by atoms with Crippen LogP contribution in [0.1, 0.15) is 5.56 Å². The molecule has 7 nitrogen and oxygen atoms in total. The summed E-state index contributed by atoms with van der Waals surface area (Å²) in [4.78, 5) is 14.1. The van der Waals surface area contributed by atoms with Crippen LogP contribution in [0.15, 0.2) is 60.0 Å². The second-order valence-electron chi connectivity index (χ2n) is 6.45. The molecular formula is C21H24N4O3S. The molecule has 0 atom stereocenters. The normalized spacial score (nSPS) is 10.6. The second-order valence-corrected chi connectivity index (χ2v) is 7.39. The Bertz CT molecular complexity index is 926. The van der Waals surface area contributed by atoms with E-state index in [1.807, 2.05) is 60.0 Å². The van der Waals surface area contributed by atoms with E-state index in [-0.39, 0.29) is 11.7 Å². The minimum atomic E-state index is 0.00628. The lowest BCUT2D eigenvalue weighted by molar-refractivity contribution is -0.127. The van der Waals surface area contributed by atoms with Crippen LogP contribution in [0.25, 0.3) is 5.69 Å². The number of methoxy groups -OCH3 is 1. The van der Waals surface area contributed by atoms with Crippen LogP contribution in [0.5, 0.6) is 11.5 Å². The van der Waals surface area contributed by atoms with Crippen molar-refractivity contribution in [2.75, 3.05) is 33.1 Å². The molecule has 8 heteroatoms. The first-order valence-corrected chi connectivity index (χ1v) is 10.2. The number of thioether (sulfide) groups is 1. The number of amides is 1. The fraction of sp³-hybridized carbons (Fsp3) is 0.286. The number of aromatic nitrogens is 3. The number of ether oxygens (including phenoxy) is 2. The molecule has 2 aromatic carbocycles.